The Labute approximate surface area is 111 Å². The van der Waals surface area contributed by atoms with Crippen LogP contribution in [0.1, 0.15) is 22.6 Å². The normalized spacial score (nSPS) is 22.7. The minimum atomic E-state index is 0.0627. The van der Waals surface area contributed by atoms with E-state index in [0.29, 0.717) is 11.7 Å². The van der Waals surface area contributed by atoms with Gasteiger partial charge in [-0.2, -0.15) is 0 Å². The molecule has 1 atom stereocenters. The fourth-order valence-corrected chi connectivity index (χ4v) is 3.84. The van der Waals surface area contributed by atoms with Crippen molar-refractivity contribution in [1.29, 1.82) is 0 Å². The first kappa shape index (κ1) is 11.7. The van der Waals surface area contributed by atoms with Crippen LogP contribution in [0.5, 0.6) is 0 Å². The summed E-state index contributed by atoms with van der Waals surface area (Å²) in [5.74, 6) is 0. The maximum absolute atomic E-state index is 6.09. The van der Waals surface area contributed by atoms with Gasteiger partial charge in [-0.3, -0.25) is 0 Å². The van der Waals surface area contributed by atoms with Gasteiger partial charge in [0.2, 0.25) is 0 Å². The van der Waals surface area contributed by atoms with E-state index in [-0.39, 0.29) is 5.41 Å². The number of nitrogens with zero attached hydrogens (tertiary/aromatic N) is 1. The quantitative estimate of drug-likeness (QED) is 0.868. The SMILES string of the molecule is NCC1(c2ccccc2)CCc2nc(N)sc2C1. The first-order chi connectivity index (χ1) is 8.73. The third-order valence-corrected chi connectivity index (χ3v) is 4.84. The second-order valence-electron chi connectivity index (χ2n) is 4.95. The number of nitrogens with two attached hydrogens (primary N) is 2. The van der Waals surface area contributed by atoms with E-state index < -0.39 is 0 Å². The van der Waals surface area contributed by atoms with Gasteiger partial charge in [0.25, 0.3) is 0 Å². The molecule has 1 heterocycles. The third-order valence-electron chi connectivity index (χ3n) is 3.91. The van der Waals surface area contributed by atoms with Crippen molar-refractivity contribution in [2.45, 2.75) is 24.7 Å². The van der Waals surface area contributed by atoms with Crippen LogP contribution in [0.2, 0.25) is 0 Å². The summed E-state index contributed by atoms with van der Waals surface area (Å²) in [6.07, 6.45) is 3.01. The molecule has 0 bridgehead atoms. The van der Waals surface area contributed by atoms with Gasteiger partial charge in [0.1, 0.15) is 0 Å². The molecule has 1 aromatic carbocycles. The lowest BCUT2D eigenvalue weighted by atomic mass is 9.70. The van der Waals surface area contributed by atoms with Gasteiger partial charge in [0.05, 0.1) is 5.69 Å². The second kappa shape index (κ2) is 4.37. The number of nitrogen functional groups attached to an aromatic ring is 1. The summed E-state index contributed by atoms with van der Waals surface area (Å²) in [4.78, 5) is 5.71. The summed E-state index contributed by atoms with van der Waals surface area (Å²) < 4.78 is 0. The minimum Gasteiger partial charge on any atom is -0.375 e. The van der Waals surface area contributed by atoms with Crippen LogP contribution in [0.15, 0.2) is 30.3 Å². The largest absolute Gasteiger partial charge is 0.375 e. The van der Waals surface area contributed by atoms with Crippen molar-refractivity contribution in [1.82, 2.24) is 4.98 Å². The van der Waals surface area contributed by atoms with Crippen LogP contribution < -0.4 is 11.5 Å². The van der Waals surface area contributed by atoms with E-state index >= 15 is 0 Å². The number of fused-ring (bicyclic) bond motifs is 1. The standard InChI is InChI=1S/C14H17N3S/c15-9-14(10-4-2-1-3-5-10)7-6-11-12(8-14)18-13(16)17-11/h1-5H,6-9,15H2,(H2,16,17). The van der Waals surface area contributed by atoms with Gasteiger partial charge in [-0.25, -0.2) is 4.98 Å². The summed E-state index contributed by atoms with van der Waals surface area (Å²) >= 11 is 1.61. The summed E-state index contributed by atoms with van der Waals surface area (Å²) in [5, 5.41) is 0.681. The molecule has 0 amide bonds. The molecule has 1 aliphatic rings. The summed E-state index contributed by atoms with van der Waals surface area (Å²) in [6, 6.07) is 10.6. The van der Waals surface area contributed by atoms with E-state index in [9.17, 15) is 0 Å². The second-order valence-corrected chi connectivity index (χ2v) is 6.06. The van der Waals surface area contributed by atoms with Gasteiger partial charge in [0.15, 0.2) is 5.13 Å². The zero-order valence-electron chi connectivity index (χ0n) is 10.2. The Morgan fingerprint density at radius 2 is 2.06 bits per heavy atom. The topological polar surface area (TPSA) is 64.9 Å². The van der Waals surface area contributed by atoms with Gasteiger partial charge >= 0.3 is 0 Å². The van der Waals surface area contributed by atoms with Gasteiger partial charge in [0, 0.05) is 16.8 Å². The number of hydrogen-bond donors (Lipinski definition) is 2. The van der Waals surface area contributed by atoms with Crippen LogP contribution >= 0.6 is 11.3 Å². The van der Waals surface area contributed by atoms with Gasteiger partial charge < -0.3 is 11.5 Å². The molecule has 2 aromatic rings. The molecular formula is C14H17N3S. The van der Waals surface area contributed by atoms with Crippen molar-refractivity contribution in [2.24, 2.45) is 5.73 Å². The van der Waals surface area contributed by atoms with Crippen molar-refractivity contribution >= 4 is 16.5 Å². The molecule has 1 aliphatic carbocycles. The molecule has 0 radical (unpaired) electrons. The predicted molar refractivity (Wildman–Crippen MR) is 75.7 cm³/mol. The van der Waals surface area contributed by atoms with Gasteiger partial charge in [-0.1, -0.05) is 30.3 Å². The van der Waals surface area contributed by atoms with Gasteiger partial charge in [-0.05, 0) is 24.8 Å². The molecule has 3 rings (SSSR count). The molecule has 1 unspecified atom stereocenters. The van der Waals surface area contributed by atoms with Crippen molar-refractivity contribution in [3.63, 3.8) is 0 Å². The number of hydrogen-bond acceptors (Lipinski definition) is 4. The van der Waals surface area contributed by atoms with Crippen molar-refractivity contribution in [3.05, 3.63) is 46.5 Å². The van der Waals surface area contributed by atoms with Crippen LogP contribution in [0, 0.1) is 0 Å². The Hall–Kier alpha value is -1.39. The highest BCUT2D eigenvalue weighted by Gasteiger charge is 2.36. The van der Waals surface area contributed by atoms with E-state index in [1.807, 2.05) is 6.07 Å². The fraction of sp³-hybridized carbons (Fsp3) is 0.357. The molecular weight excluding hydrogens is 242 g/mol. The van der Waals surface area contributed by atoms with Crippen molar-refractivity contribution in [3.8, 4) is 0 Å². The lowest BCUT2D eigenvalue weighted by Crippen LogP contribution is -2.40. The molecule has 4 N–H and O–H groups in total. The molecule has 3 nitrogen and oxygen atoms in total. The Bertz CT molecular complexity index is 549. The van der Waals surface area contributed by atoms with E-state index in [0.717, 1.165) is 19.3 Å². The molecule has 0 spiro atoms. The molecule has 18 heavy (non-hydrogen) atoms. The Morgan fingerprint density at radius 1 is 1.28 bits per heavy atom. The Morgan fingerprint density at radius 3 is 2.78 bits per heavy atom. The molecule has 0 aliphatic heterocycles. The average Bonchev–Trinajstić information content (AvgIpc) is 2.78. The first-order valence-corrected chi connectivity index (χ1v) is 7.05. The Balaban J connectivity index is 2.01. The molecule has 0 saturated carbocycles. The number of aromatic nitrogens is 1. The summed E-state index contributed by atoms with van der Waals surface area (Å²) in [7, 11) is 0. The fourth-order valence-electron chi connectivity index (χ4n) is 2.82. The summed E-state index contributed by atoms with van der Waals surface area (Å²) in [5.41, 5.74) is 14.5. The van der Waals surface area contributed by atoms with E-state index in [1.165, 1.54) is 16.1 Å². The number of thiazole rings is 1. The Kier molecular flexibility index (Phi) is 2.84. The van der Waals surface area contributed by atoms with E-state index in [1.54, 1.807) is 11.3 Å². The van der Waals surface area contributed by atoms with E-state index in [4.69, 9.17) is 11.5 Å². The monoisotopic (exact) mass is 259 g/mol. The van der Waals surface area contributed by atoms with Crippen LogP contribution in [0.4, 0.5) is 5.13 Å². The maximum atomic E-state index is 6.09. The summed E-state index contributed by atoms with van der Waals surface area (Å²) in [6.45, 7) is 0.675. The molecule has 94 valence electrons. The number of rotatable bonds is 2. The first-order valence-electron chi connectivity index (χ1n) is 6.23. The molecule has 0 fully saturated rings. The van der Waals surface area contributed by atoms with Crippen molar-refractivity contribution in [2.75, 3.05) is 12.3 Å². The highest BCUT2D eigenvalue weighted by molar-refractivity contribution is 7.15. The van der Waals surface area contributed by atoms with Crippen LogP contribution in [-0.4, -0.2) is 11.5 Å². The smallest absolute Gasteiger partial charge is 0.180 e. The highest BCUT2D eigenvalue weighted by atomic mass is 32.1. The van der Waals surface area contributed by atoms with Crippen LogP contribution in [-0.2, 0) is 18.3 Å². The predicted octanol–water partition coefficient (Wildman–Crippen LogP) is 2.11. The van der Waals surface area contributed by atoms with E-state index in [2.05, 4.69) is 29.2 Å². The number of benzene rings is 1. The maximum Gasteiger partial charge on any atom is 0.180 e. The third kappa shape index (κ3) is 1.82. The molecule has 1 aromatic heterocycles. The lowest BCUT2D eigenvalue weighted by Gasteiger charge is -2.36. The van der Waals surface area contributed by atoms with Gasteiger partial charge in [-0.15, -0.1) is 11.3 Å². The zero-order chi connectivity index (χ0) is 12.6. The molecule has 0 saturated heterocycles. The van der Waals surface area contributed by atoms with Crippen LogP contribution in [0.25, 0.3) is 0 Å². The zero-order valence-corrected chi connectivity index (χ0v) is 11.0. The minimum absolute atomic E-state index is 0.0627. The highest BCUT2D eigenvalue weighted by Crippen LogP contribution is 2.40. The van der Waals surface area contributed by atoms with Crippen LogP contribution in [0.3, 0.4) is 0 Å². The van der Waals surface area contributed by atoms with Crippen molar-refractivity contribution < 1.29 is 0 Å². The number of aryl methyl sites for hydroxylation is 1. The molecule has 4 heteroatoms. The lowest BCUT2D eigenvalue weighted by molar-refractivity contribution is 0.382. The average molecular weight is 259 g/mol. The number of anilines is 1.